The molecule has 3 heterocycles. The molecule has 132 valence electrons. The van der Waals surface area contributed by atoms with Gasteiger partial charge in [0.2, 0.25) is 0 Å². The lowest BCUT2D eigenvalue weighted by Crippen LogP contribution is -2.37. The molecule has 0 saturated carbocycles. The number of aryl methyl sites for hydroxylation is 1. The summed E-state index contributed by atoms with van der Waals surface area (Å²) in [6.07, 6.45) is 0.623. The number of ether oxygens (including phenoxy) is 2. The van der Waals surface area contributed by atoms with Gasteiger partial charge in [-0.2, -0.15) is 0 Å². The molecule has 1 aromatic carbocycles. The molecule has 2 aromatic rings. The van der Waals surface area contributed by atoms with E-state index < -0.39 is 17.5 Å². The molecule has 0 radical (unpaired) electrons. The molecule has 0 aliphatic carbocycles. The molecular weight excluding hydrogens is 347 g/mol. The second-order valence-electron chi connectivity index (χ2n) is 6.21. The van der Waals surface area contributed by atoms with Crippen molar-refractivity contribution >= 4 is 11.8 Å². The van der Waals surface area contributed by atoms with E-state index in [1.807, 2.05) is 0 Å². The molecular formula is C17H17FN2O4S. The number of thioether (sulfide) groups is 1. The molecule has 2 aliphatic rings. The van der Waals surface area contributed by atoms with E-state index in [1.165, 1.54) is 16.8 Å². The summed E-state index contributed by atoms with van der Waals surface area (Å²) in [4.78, 5) is 26.0. The first-order chi connectivity index (χ1) is 12.0. The summed E-state index contributed by atoms with van der Waals surface area (Å²) < 4.78 is 27.0. The van der Waals surface area contributed by atoms with E-state index in [0.29, 0.717) is 11.1 Å². The fourth-order valence-electron chi connectivity index (χ4n) is 3.23. The van der Waals surface area contributed by atoms with E-state index in [1.54, 1.807) is 36.9 Å². The first kappa shape index (κ1) is 16.6. The van der Waals surface area contributed by atoms with Crippen molar-refractivity contribution in [2.24, 2.45) is 0 Å². The lowest BCUT2D eigenvalue weighted by Gasteiger charge is -2.23. The van der Waals surface area contributed by atoms with Crippen LogP contribution in [-0.4, -0.2) is 32.8 Å². The maximum atomic E-state index is 13.8. The molecule has 4 atom stereocenters. The molecule has 1 N–H and O–H groups in total. The van der Waals surface area contributed by atoms with Crippen molar-refractivity contribution in [2.75, 3.05) is 5.75 Å². The minimum absolute atomic E-state index is 0.0835. The van der Waals surface area contributed by atoms with E-state index in [-0.39, 0.29) is 29.9 Å². The maximum Gasteiger partial charge on any atom is 0.330 e. The van der Waals surface area contributed by atoms with Gasteiger partial charge in [-0.15, -0.1) is 11.8 Å². The molecule has 0 unspecified atom stereocenters. The van der Waals surface area contributed by atoms with Crippen LogP contribution in [0.4, 0.5) is 4.39 Å². The van der Waals surface area contributed by atoms with E-state index in [2.05, 4.69) is 4.98 Å². The molecule has 0 amide bonds. The van der Waals surface area contributed by atoms with Gasteiger partial charge in [-0.1, -0.05) is 18.2 Å². The minimum atomic E-state index is -0.502. The summed E-state index contributed by atoms with van der Waals surface area (Å²) in [5.74, 6) is 0.464. The smallest absolute Gasteiger partial charge is 0.330 e. The van der Waals surface area contributed by atoms with E-state index >= 15 is 0 Å². The molecule has 6 nitrogen and oxygen atoms in total. The van der Waals surface area contributed by atoms with Gasteiger partial charge < -0.3 is 9.47 Å². The number of hydrogen-bond acceptors (Lipinski definition) is 5. The third-order valence-electron chi connectivity index (χ3n) is 4.55. The van der Waals surface area contributed by atoms with Gasteiger partial charge in [-0.3, -0.25) is 14.3 Å². The number of fused-ring (bicyclic) bond motifs is 2. The van der Waals surface area contributed by atoms with Crippen LogP contribution in [0.1, 0.15) is 17.4 Å². The SMILES string of the molecule is Cc1cn([C@H]2O[C@H]3CS[C@@H]2[C@H]3OCc2ccccc2F)c(=O)[nH]c1=O. The number of nitrogens with one attached hydrogen (secondary N) is 1. The first-order valence-electron chi connectivity index (χ1n) is 7.99. The second kappa shape index (κ2) is 6.44. The van der Waals surface area contributed by atoms with Gasteiger partial charge in [0.1, 0.15) is 11.9 Å². The number of hydrogen-bond donors (Lipinski definition) is 1. The fraction of sp³-hybridized carbons (Fsp3) is 0.412. The lowest BCUT2D eigenvalue weighted by molar-refractivity contribution is -0.0320. The van der Waals surface area contributed by atoms with Crippen molar-refractivity contribution in [1.82, 2.24) is 9.55 Å². The van der Waals surface area contributed by atoms with Gasteiger partial charge >= 0.3 is 5.69 Å². The van der Waals surface area contributed by atoms with Crippen LogP contribution >= 0.6 is 11.8 Å². The summed E-state index contributed by atoms with van der Waals surface area (Å²) >= 11 is 1.67. The van der Waals surface area contributed by atoms with Crippen molar-refractivity contribution in [2.45, 2.75) is 37.2 Å². The number of aromatic nitrogens is 2. The lowest BCUT2D eigenvalue weighted by atomic mass is 10.2. The molecule has 8 heteroatoms. The highest BCUT2D eigenvalue weighted by Gasteiger charge is 2.52. The average molecular weight is 364 g/mol. The van der Waals surface area contributed by atoms with Gasteiger partial charge in [0, 0.05) is 23.1 Å². The van der Waals surface area contributed by atoms with E-state index in [0.717, 1.165) is 5.75 Å². The molecule has 4 rings (SSSR count). The van der Waals surface area contributed by atoms with Gasteiger partial charge in [-0.25, -0.2) is 9.18 Å². The predicted octanol–water partition coefficient (Wildman–Crippen LogP) is 1.58. The van der Waals surface area contributed by atoms with Crippen molar-refractivity contribution in [3.8, 4) is 0 Å². The number of halogens is 1. The van der Waals surface area contributed by atoms with E-state index in [4.69, 9.17) is 9.47 Å². The summed E-state index contributed by atoms with van der Waals surface area (Å²) in [7, 11) is 0. The van der Waals surface area contributed by atoms with Crippen LogP contribution in [0.15, 0.2) is 40.1 Å². The third kappa shape index (κ3) is 2.94. The van der Waals surface area contributed by atoms with Crippen LogP contribution in [-0.2, 0) is 16.1 Å². The Balaban J connectivity index is 1.54. The van der Waals surface area contributed by atoms with Crippen molar-refractivity contribution < 1.29 is 13.9 Å². The molecule has 2 bridgehead atoms. The quantitative estimate of drug-likeness (QED) is 0.892. The highest BCUT2D eigenvalue weighted by Crippen LogP contribution is 2.46. The Kier molecular flexibility index (Phi) is 4.26. The largest absolute Gasteiger partial charge is 0.369 e. The van der Waals surface area contributed by atoms with E-state index in [9.17, 15) is 14.0 Å². The molecule has 25 heavy (non-hydrogen) atoms. The Morgan fingerprint density at radius 2 is 2.20 bits per heavy atom. The van der Waals surface area contributed by atoms with Gasteiger partial charge in [0.25, 0.3) is 5.56 Å². The van der Waals surface area contributed by atoms with Crippen LogP contribution in [0.25, 0.3) is 0 Å². The topological polar surface area (TPSA) is 73.3 Å². The highest BCUT2D eigenvalue weighted by atomic mass is 32.2. The van der Waals surface area contributed by atoms with Crippen molar-refractivity contribution in [3.05, 3.63) is 68.2 Å². The van der Waals surface area contributed by atoms with Gasteiger partial charge in [0.15, 0.2) is 6.23 Å². The van der Waals surface area contributed by atoms with Crippen LogP contribution < -0.4 is 11.2 Å². The van der Waals surface area contributed by atoms with Crippen molar-refractivity contribution in [1.29, 1.82) is 0 Å². The second-order valence-corrected chi connectivity index (χ2v) is 7.42. The number of aromatic amines is 1. The summed E-state index contributed by atoms with van der Waals surface area (Å²) in [5.41, 5.74) is 0.0400. The first-order valence-corrected chi connectivity index (χ1v) is 9.03. The Morgan fingerprint density at radius 3 is 3.00 bits per heavy atom. The zero-order chi connectivity index (χ0) is 17.6. The molecule has 2 fully saturated rings. The summed E-state index contributed by atoms with van der Waals surface area (Å²) in [6.45, 7) is 1.79. The van der Waals surface area contributed by atoms with Crippen LogP contribution in [0, 0.1) is 12.7 Å². The number of H-pyrrole nitrogens is 1. The molecule has 1 aromatic heterocycles. The monoisotopic (exact) mass is 364 g/mol. The standard InChI is InChI=1S/C17H17FN2O4S/c1-9-6-20(17(22)19-15(9)21)16-14-13(12(24-16)8-25-14)23-7-10-4-2-3-5-11(10)18/h2-6,12-14,16H,7-8H2,1H3,(H,19,21,22)/t12-,13-,14+,16-/m0/s1. The Hall–Kier alpha value is -1.90. The van der Waals surface area contributed by atoms with Crippen LogP contribution in [0.2, 0.25) is 0 Å². The molecule has 2 aliphatic heterocycles. The minimum Gasteiger partial charge on any atom is -0.369 e. The van der Waals surface area contributed by atoms with Crippen molar-refractivity contribution in [3.63, 3.8) is 0 Å². The number of rotatable bonds is 4. The number of benzene rings is 1. The third-order valence-corrected chi connectivity index (χ3v) is 5.95. The zero-order valence-electron chi connectivity index (χ0n) is 13.5. The van der Waals surface area contributed by atoms with Gasteiger partial charge in [0.05, 0.1) is 18.0 Å². The highest BCUT2D eigenvalue weighted by molar-refractivity contribution is 8.00. The molecule has 2 saturated heterocycles. The summed E-state index contributed by atoms with van der Waals surface area (Å²) in [6, 6.07) is 6.49. The van der Waals surface area contributed by atoms with Gasteiger partial charge in [-0.05, 0) is 13.0 Å². The summed E-state index contributed by atoms with van der Waals surface area (Å²) in [5, 5.41) is -0.0835. The van der Waals surface area contributed by atoms with Crippen LogP contribution in [0.3, 0.4) is 0 Å². The predicted molar refractivity (Wildman–Crippen MR) is 91.2 cm³/mol. The zero-order valence-corrected chi connectivity index (χ0v) is 14.3. The maximum absolute atomic E-state index is 13.8. The Labute approximate surface area is 147 Å². The fourth-order valence-corrected chi connectivity index (χ4v) is 4.71. The normalized spacial score (nSPS) is 27.8. The number of nitrogens with zero attached hydrogens (tertiary/aromatic N) is 1. The Morgan fingerprint density at radius 1 is 1.40 bits per heavy atom. The average Bonchev–Trinajstić information content (AvgIpc) is 3.14. The Bertz CT molecular complexity index is 912. The molecule has 0 spiro atoms. The van der Waals surface area contributed by atoms with Crippen LogP contribution in [0.5, 0.6) is 0 Å².